The summed E-state index contributed by atoms with van der Waals surface area (Å²) in [4.78, 5) is 11.8. The van der Waals surface area contributed by atoms with Gasteiger partial charge in [-0.1, -0.05) is 42.8 Å². The molecule has 3 nitrogen and oxygen atoms in total. The Labute approximate surface area is 124 Å². The molecular weight excluding hydrogens is 272 g/mol. The zero-order valence-electron chi connectivity index (χ0n) is 11.3. The SMILES string of the molecule is CCc1ccc(NCC(=O)Nc2ccccc2Cl)cc1. The topological polar surface area (TPSA) is 41.1 Å². The van der Waals surface area contributed by atoms with Crippen LogP contribution in [-0.2, 0) is 11.2 Å². The van der Waals surface area contributed by atoms with Crippen molar-refractivity contribution in [2.45, 2.75) is 13.3 Å². The molecule has 2 rings (SSSR count). The molecule has 2 aromatic carbocycles. The van der Waals surface area contributed by atoms with Crippen LogP contribution in [0.1, 0.15) is 12.5 Å². The van der Waals surface area contributed by atoms with Crippen molar-refractivity contribution in [2.75, 3.05) is 17.2 Å². The number of carbonyl (C=O) groups excluding carboxylic acids is 1. The molecule has 20 heavy (non-hydrogen) atoms. The first-order valence-corrected chi connectivity index (χ1v) is 6.94. The second-order valence-corrected chi connectivity index (χ2v) is 4.84. The molecule has 0 radical (unpaired) electrons. The Kier molecular flexibility index (Phi) is 5.02. The molecule has 0 saturated carbocycles. The number of anilines is 2. The Morgan fingerprint density at radius 1 is 1.10 bits per heavy atom. The normalized spacial score (nSPS) is 10.1. The summed E-state index contributed by atoms with van der Waals surface area (Å²) >= 11 is 5.98. The summed E-state index contributed by atoms with van der Waals surface area (Å²) in [6.07, 6.45) is 1.01. The first kappa shape index (κ1) is 14.4. The lowest BCUT2D eigenvalue weighted by Gasteiger charge is -2.09. The Bertz CT molecular complexity index is 581. The largest absolute Gasteiger partial charge is 0.376 e. The number of carbonyl (C=O) groups is 1. The van der Waals surface area contributed by atoms with Crippen LogP contribution in [0.3, 0.4) is 0 Å². The molecule has 4 heteroatoms. The van der Waals surface area contributed by atoms with Gasteiger partial charge in [0.05, 0.1) is 17.3 Å². The van der Waals surface area contributed by atoms with Gasteiger partial charge in [-0.25, -0.2) is 0 Å². The quantitative estimate of drug-likeness (QED) is 0.874. The Balaban J connectivity index is 1.87. The molecule has 0 aromatic heterocycles. The van der Waals surface area contributed by atoms with Crippen molar-refractivity contribution in [1.82, 2.24) is 0 Å². The van der Waals surface area contributed by atoms with Gasteiger partial charge in [-0.05, 0) is 36.2 Å². The Morgan fingerprint density at radius 3 is 2.45 bits per heavy atom. The van der Waals surface area contributed by atoms with E-state index in [0.717, 1.165) is 12.1 Å². The average molecular weight is 289 g/mol. The Hall–Kier alpha value is -2.00. The third kappa shape index (κ3) is 4.00. The molecular formula is C16H17ClN2O. The van der Waals surface area contributed by atoms with E-state index in [0.29, 0.717) is 10.7 Å². The van der Waals surface area contributed by atoms with Gasteiger partial charge < -0.3 is 10.6 Å². The molecule has 2 aromatic rings. The summed E-state index contributed by atoms with van der Waals surface area (Å²) in [6, 6.07) is 15.2. The highest BCUT2D eigenvalue weighted by atomic mass is 35.5. The van der Waals surface area contributed by atoms with E-state index in [1.165, 1.54) is 5.56 Å². The standard InChI is InChI=1S/C16H17ClN2O/c1-2-12-7-9-13(10-8-12)18-11-16(20)19-15-6-4-3-5-14(15)17/h3-10,18H,2,11H2,1H3,(H,19,20). The molecule has 0 saturated heterocycles. The smallest absolute Gasteiger partial charge is 0.243 e. The number of para-hydroxylation sites is 1. The first-order chi connectivity index (χ1) is 9.69. The molecule has 0 atom stereocenters. The number of halogens is 1. The number of amides is 1. The number of nitrogens with one attached hydrogen (secondary N) is 2. The van der Waals surface area contributed by atoms with Gasteiger partial charge in [0.25, 0.3) is 0 Å². The maximum Gasteiger partial charge on any atom is 0.243 e. The van der Waals surface area contributed by atoms with Crippen molar-refractivity contribution in [3.63, 3.8) is 0 Å². The summed E-state index contributed by atoms with van der Waals surface area (Å²) in [5, 5.41) is 6.39. The van der Waals surface area contributed by atoms with Crippen molar-refractivity contribution >= 4 is 28.9 Å². The van der Waals surface area contributed by atoms with Crippen molar-refractivity contribution < 1.29 is 4.79 Å². The maximum atomic E-state index is 11.8. The lowest BCUT2D eigenvalue weighted by atomic mass is 10.1. The van der Waals surface area contributed by atoms with E-state index in [9.17, 15) is 4.79 Å². The number of rotatable bonds is 5. The lowest BCUT2D eigenvalue weighted by molar-refractivity contribution is -0.114. The zero-order chi connectivity index (χ0) is 14.4. The van der Waals surface area contributed by atoms with Crippen LogP contribution in [0.2, 0.25) is 5.02 Å². The molecule has 0 spiro atoms. The fraction of sp³-hybridized carbons (Fsp3) is 0.188. The molecule has 1 amide bonds. The van der Waals surface area contributed by atoms with Gasteiger partial charge in [-0.3, -0.25) is 4.79 Å². The van der Waals surface area contributed by atoms with E-state index >= 15 is 0 Å². The van der Waals surface area contributed by atoms with Crippen molar-refractivity contribution in [3.05, 3.63) is 59.1 Å². The fourth-order valence-electron chi connectivity index (χ4n) is 1.80. The molecule has 0 bridgehead atoms. The van der Waals surface area contributed by atoms with E-state index in [2.05, 4.69) is 17.6 Å². The van der Waals surface area contributed by atoms with Gasteiger partial charge in [-0.15, -0.1) is 0 Å². The van der Waals surface area contributed by atoms with Crippen molar-refractivity contribution in [1.29, 1.82) is 0 Å². The van der Waals surface area contributed by atoms with Gasteiger partial charge >= 0.3 is 0 Å². The zero-order valence-corrected chi connectivity index (χ0v) is 12.1. The predicted octanol–water partition coefficient (Wildman–Crippen LogP) is 3.95. The minimum absolute atomic E-state index is 0.127. The maximum absolute atomic E-state index is 11.8. The third-order valence-electron chi connectivity index (χ3n) is 2.96. The van der Waals surface area contributed by atoms with Crippen LogP contribution in [0.5, 0.6) is 0 Å². The minimum atomic E-state index is -0.127. The second-order valence-electron chi connectivity index (χ2n) is 4.43. The molecule has 0 aliphatic carbocycles. The summed E-state index contributed by atoms with van der Waals surface area (Å²) < 4.78 is 0. The molecule has 0 fully saturated rings. The van der Waals surface area contributed by atoms with Gasteiger partial charge in [0.15, 0.2) is 0 Å². The van der Waals surface area contributed by atoms with Gasteiger partial charge in [0, 0.05) is 5.69 Å². The van der Waals surface area contributed by atoms with E-state index < -0.39 is 0 Å². The van der Waals surface area contributed by atoms with E-state index in [1.807, 2.05) is 36.4 Å². The summed E-state index contributed by atoms with van der Waals surface area (Å²) in [5.74, 6) is -0.127. The van der Waals surface area contributed by atoms with E-state index in [1.54, 1.807) is 12.1 Å². The molecule has 0 aliphatic heterocycles. The number of hydrogen-bond donors (Lipinski definition) is 2. The monoisotopic (exact) mass is 288 g/mol. The molecule has 0 aliphatic rings. The van der Waals surface area contributed by atoms with Crippen LogP contribution in [0.25, 0.3) is 0 Å². The molecule has 0 heterocycles. The van der Waals surface area contributed by atoms with E-state index in [4.69, 9.17) is 11.6 Å². The van der Waals surface area contributed by atoms with Crippen LogP contribution in [0.15, 0.2) is 48.5 Å². The summed E-state index contributed by atoms with van der Waals surface area (Å²) in [7, 11) is 0. The van der Waals surface area contributed by atoms with Crippen molar-refractivity contribution in [3.8, 4) is 0 Å². The van der Waals surface area contributed by atoms with Crippen LogP contribution >= 0.6 is 11.6 Å². The van der Waals surface area contributed by atoms with E-state index in [-0.39, 0.29) is 12.5 Å². The number of aryl methyl sites for hydroxylation is 1. The van der Waals surface area contributed by atoms with Crippen LogP contribution in [-0.4, -0.2) is 12.5 Å². The summed E-state index contributed by atoms with van der Waals surface area (Å²) in [6.45, 7) is 2.32. The highest BCUT2D eigenvalue weighted by Gasteiger charge is 2.04. The van der Waals surface area contributed by atoms with Crippen molar-refractivity contribution in [2.24, 2.45) is 0 Å². The first-order valence-electron chi connectivity index (χ1n) is 6.56. The second kappa shape index (κ2) is 6.96. The Morgan fingerprint density at radius 2 is 1.80 bits per heavy atom. The highest BCUT2D eigenvalue weighted by molar-refractivity contribution is 6.33. The molecule has 2 N–H and O–H groups in total. The number of hydrogen-bond acceptors (Lipinski definition) is 2. The van der Waals surface area contributed by atoms with Gasteiger partial charge in [0.2, 0.25) is 5.91 Å². The summed E-state index contributed by atoms with van der Waals surface area (Å²) in [5.41, 5.74) is 2.83. The number of benzene rings is 2. The average Bonchev–Trinajstić information content (AvgIpc) is 2.48. The minimum Gasteiger partial charge on any atom is -0.376 e. The fourth-order valence-corrected chi connectivity index (χ4v) is 1.98. The molecule has 104 valence electrons. The lowest BCUT2D eigenvalue weighted by Crippen LogP contribution is -2.21. The highest BCUT2D eigenvalue weighted by Crippen LogP contribution is 2.20. The van der Waals surface area contributed by atoms with Crippen LogP contribution in [0, 0.1) is 0 Å². The van der Waals surface area contributed by atoms with Crippen LogP contribution in [0.4, 0.5) is 11.4 Å². The third-order valence-corrected chi connectivity index (χ3v) is 3.29. The van der Waals surface area contributed by atoms with Gasteiger partial charge in [0.1, 0.15) is 0 Å². The van der Waals surface area contributed by atoms with Crippen LogP contribution < -0.4 is 10.6 Å². The molecule has 0 unspecified atom stereocenters. The predicted molar refractivity (Wildman–Crippen MR) is 84.4 cm³/mol. The van der Waals surface area contributed by atoms with Gasteiger partial charge in [-0.2, -0.15) is 0 Å².